The smallest absolute Gasteiger partial charge is 0.199 e. The summed E-state index contributed by atoms with van der Waals surface area (Å²) in [7, 11) is 1.66. The zero-order valence-electron chi connectivity index (χ0n) is 17.7. The van der Waals surface area contributed by atoms with E-state index < -0.39 is 5.82 Å². The standard InChI is InChI=1S/C21H31FN4O2S/c1-15-8-7-9-16(2)24(15)14-25-21(29)26(17(3)12-27-4)20(23-25)13-28-19-11-6-5-10-18(19)22/h5-6,10-11,15-17H,7-9,12-14H2,1-4H3/t15-,16-,17+/m1/s1. The van der Waals surface area contributed by atoms with Crippen LogP contribution in [0.4, 0.5) is 4.39 Å². The molecule has 1 aliphatic heterocycles. The Labute approximate surface area is 177 Å². The number of piperidine rings is 1. The van der Waals surface area contributed by atoms with E-state index in [-0.39, 0.29) is 18.4 Å². The second-order valence-electron chi connectivity index (χ2n) is 7.88. The Hall–Kier alpha value is -1.77. The van der Waals surface area contributed by atoms with Crippen LogP contribution in [0.1, 0.15) is 51.9 Å². The van der Waals surface area contributed by atoms with Crippen LogP contribution in [0.15, 0.2) is 24.3 Å². The molecule has 1 aromatic carbocycles. The Morgan fingerprint density at radius 2 is 1.93 bits per heavy atom. The molecular weight excluding hydrogens is 391 g/mol. The average molecular weight is 423 g/mol. The van der Waals surface area contributed by atoms with Crippen LogP contribution in [0.2, 0.25) is 0 Å². The highest BCUT2D eigenvalue weighted by atomic mass is 32.1. The summed E-state index contributed by atoms with van der Waals surface area (Å²) in [6.45, 7) is 7.82. The number of ether oxygens (including phenoxy) is 2. The molecule has 3 rings (SSSR count). The second kappa shape index (κ2) is 9.82. The van der Waals surface area contributed by atoms with E-state index in [1.807, 2.05) is 16.2 Å². The van der Waals surface area contributed by atoms with E-state index in [2.05, 4.69) is 18.7 Å². The van der Waals surface area contributed by atoms with E-state index >= 15 is 0 Å². The first kappa shape index (κ1) is 21.9. The van der Waals surface area contributed by atoms with Gasteiger partial charge in [0, 0.05) is 19.2 Å². The maximum absolute atomic E-state index is 13.9. The maximum Gasteiger partial charge on any atom is 0.199 e. The van der Waals surface area contributed by atoms with Gasteiger partial charge in [-0.3, -0.25) is 9.47 Å². The van der Waals surface area contributed by atoms with Gasteiger partial charge in [0.25, 0.3) is 0 Å². The zero-order valence-corrected chi connectivity index (χ0v) is 18.5. The van der Waals surface area contributed by atoms with Crippen LogP contribution in [-0.4, -0.2) is 45.0 Å². The number of para-hydroxylation sites is 1. The molecule has 0 bridgehead atoms. The van der Waals surface area contributed by atoms with E-state index in [0.29, 0.717) is 36.0 Å². The largest absolute Gasteiger partial charge is 0.483 e. The average Bonchev–Trinajstić information content (AvgIpc) is 3.00. The minimum atomic E-state index is -0.391. The topological polar surface area (TPSA) is 44.5 Å². The molecule has 160 valence electrons. The van der Waals surface area contributed by atoms with Crippen molar-refractivity contribution in [3.63, 3.8) is 0 Å². The molecule has 0 aliphatic carbocycles. The molecule has 0 saturated carbocycles. The molecule has 0 unspecified atom stereocenters. The van der Waals surface area contributed by atoms with Crippen LogP contribution in [0.25, 0.3) is 0 Å². The molecule has 2 aromatic rings. The molecule has 0 spiro atoms. The Morgan fingerprint density at radius 1 is 1.24 bits per heavy atom. The van der Waals surface area contributed by atoms with Gasteiger partial charge in [0.1, 0.15) is 6.61 Å². The van der Waals surface area contributed by atoms with Crippen LogP contribution >= 0.6 is 12.2 Å². The van der Waals surface area contributed by atoms with Gasteiger partial charge >= 0.3 is 0 Å². The van der Waals surface area contributed by atoms with Gasteiger partial charge in [-0.2, -0.15) is 5.10 Å². The highest BCUT2D eigenvalue weighted by molar-refractivity contribution is 7.71. The number of likely N-dealkylation sites (tertiary alicyclic amines) is 1. The maximum atomic E-state index is 13.9. The van der Waals surface area contributed by atoms with Crippen LogP contribution in [0.5, 0.6) is 5.75 Å². The summed E-state index contributed by atoms with van der Waals surface area (Å²) < 4.78 is 29.4. The predicted octanol–water partition coefficient (Wildman–Crippen LogP) is 4.56. The van der Waals surface area contributed by atoms with Crippen molar-refractivity contribution in [3.05, 3.63) is 40.7 Å². The van der Waals surface area contributed by atoms with Crippen molar-refractivity contribution in [2.45, 2.75) is 71.4 Å². The summed E-state index contributed by atoms with van der Waals surface area (Å²) in [5, 5.41) is 4.75. The monoisotopic (exact) mass is 422 g/mol. The molecule has 6 nitrogen and oxygen atoms in total. The van der Waals surface area contributed by atoms with Crippen molar-refractivity contribution in [3.8, 4) is 5.75 Å². The van der Waals surface area contributed by atoms with Crippen LogP contribution in [0, 0.1) is 10.6 Å². The lowest BCUT2D eigenvalue weighted by atomic mass is 9.98. The fraction of sp³-hybridized carbons (Fsp3) is 0.619. The Bertz CT molecular complexity index is 859. The lowest BCUT2D eigenvalue weighted by molar-refractivity contribution is 0.0630. The van der Waals surface area contributed by atoms with E-state index in [4.69, 9.17) is 26.8 Å². The van der Waals surface area contributed by atoms with Crippen molar-refractivity contribution >= 4 is 12.2 Å². The molecular formula is C21H31FN4O2S. The van der Waals surface area contributed by atoms with E-state index in [1.165, 1.54) is 25.3 Å². The number of hydrogen-bond acceptors (Lipinski definition) is 5. The second-order valence-corrected chi connectivity index (χ2v) is 8.24. The molecule has 0 amide bonds. The predicted molar refractivity (Wildman–Crippen MR) is 113 cm³/mol. The highest BCUT2D eigenvalue weighted by Gasteiger charge is 2.26. The Balaban J connectivity index is 1.87. The molecule has 1 aromatic heterocycles. The highest BCUT2D eigenvalue weighted by Crippen LogP contribution is 2.24. The van der Waals surface area contributed by atoms with Gasteiger partial charge in [0.2, 0.25) is 0 Å². The van der Waals surface area contributed by atoms with Crippen LogP contribution in [-0.2, 0) is 18.0 Å². The van der Waals surface area contributed by atoms with Gasteiger partial charge in [-0.25, -0.2) is 9.07 Å². The Morgan fingerprint density at radius 3 is 2.59 bits per heavy atom. The van der Waals surface area contributed by atoms with Gasteiger partial charge < -0.3 is 9.47 Å². The molecule has 3 atom stereocenters. The minimum absolute atomic E-state index is 0.00308. The first-order valence-corrected chi connectivity index (χ1v) is 10.6. The third kappa shape index (κ3) is 5.05. The fourth-order valence-corrected chi connectivity index (χ4v) is 4.41. The molecule has 0 N–H and O–H groups in total. The molecule has 1 saturated heterocycles. The summed E-state index contributed by atoms with van der Waals surface area (Å²) in [4.78, 5) is 2.44. The Kier molecular flexibility index (Phi) is 7.43. The summed E-state index contributed by atoms with van der Waals surface area (Å²) in [5.41, 5.74) is 0. The number of rotatable bonds is 8. The molecule has 1 aliphatic rings. The third-order valence-corrected chi connectivity index (χ3v) is 6.06. The summed E-state index contributed by atoms with van der Waals surface area (Å²) in [6.07, 6.45) is 3.62. The molecule has 1 fully saturated rings. The first-order chi connectivity index (χ1) is 13.9. The van der Waals surface area contributed by atoms with Gasteiger partial charge in [0.15, 0.2) is 22.2 Å². The van der Waals surface area contributed by atoms with Gasteiger partial charge in [-0.05, 0) is 58.0 Å². The lowest BCUT2D eigenvalue weighted by Gasteiger charge is -2.38. The lowest BCUT2D eigenvalue weighted by Crippen LogP contribution is -2.44. The van der Waals surface area contributed by atoms with Crippen LogP contribution in [0.3, 0.4) is 0 Å². The van der Waals surface area contributed by atoms with E-state index in [0.717, 1.165) is 0 Å². The number of hydrogen-bond donors (Lipinski definition) is 0. The number of nitrogens with zero attached hydrogens (tertiary/aromatic N) is 4. The van der Waals surface area contributed by atoms with Gasteiger partial charge in [-0.15, -0.1) is 0 Å². The van der Waals surface area contributed by atoms with E-state index in [1.54, 1.807) is 25.3 Å². The molecule has 8 heteroatoms. The molecule has 29 heavy (non-hydrogen) atoms. The van der Waals surface area contributed by atoms with E-state index in [9.17, 15) is 4.39 Å². The number of benzene rings is 1. The summed E-state index contributed by atoms with van der Waals surface area (Å²) in [5.74, 6) is 0.482. The number of aromatic nitrogens is 3. The van der Waals surface area contributed by atoms with Gasteiger partial charge in [0.05, 0.1) is 19.3 Å². The summed E-state index contributed by atoms with van der Waals surface area (Å²) >= 11 is 5.76. The zero-order chi connectivity index (χ0) is 21.0. The van der Waals surface area contributed by atoms with Crippen molar-refractivity contribution < 1.29 is 13.9 Å². The normalized spacial score (nSPS) is 21.3. The molecule has 0 radical (unpaired) electrons. The fourth-order valence-electron chi connectivity index (χ4n) is 4.03. The SMILES string of the molecule is COC[C@H](C)n1c(COc2ccccc2F)nn(CN2[C@H](C)CCC[C@H]2C)c1=S. The summed E-state index contributed by atoms with van der Waals surface area (Å²) in [6, 6.07) is 7.35. The van der Waals surface area contributed by atoms with Crippen molar-refractivity contribution in [1.29, 1.82) is 0 Å². The van der Waals surface area contributed by atoms with Crippen LogP contribution < -0.4 is 4.74 Å². The number of methoxy groups -OCH3 is 1. The van der Waals surface area contributed by atoms with Crippen molar-refractivity contribution in [2.24, 2.45) is 0 Å². The number of halogens is 1. The van der Waals surface area contributed by atoms with Crippen molar-refractivity contribution in [1.82, 2.24) is 19.2 Å². The molecule has 2 heterocycles. The minimum Gasteiger partial charge on any atom is -0.483 e. The first-order valence-electron chi connectivity index (χ1n) is 10.2. The third-order valence-electron chi connectivity index (χ3n) is 5.66. The van der Waals surface area contributed by atoms with Gasteiger partial charge in [-0.1, -0.05) is 18.6 Å². The van der Waals surface area contributed by atoms with Crippen molar-refractivity contribution in [2.75, 3.05) is 13.7 Å². The quantitative estimate of drug-likeness (QED) is 0.584.